The van der Waals surface area contributed by atoms with Crippen LogP contribution in [0.25, 0.3) is 0 Å². The van der Waals surface area contributed by atoms with Crippen molar-refractivity contribution < 1.29 is 13.5 Å². The fourth-order valence-corrected chi connectivity index (χ4v) is 5.70. The van der Waals surface area contributed by atoms with E-state index in [2.05, 4.69) is 4.98 Å². The van der Waals surface area contributed by atoms with Gasteiger partial charge >= 0.3 is 0 Å². The Kier molecular flexibility index (Phi) is 2.66. The van der Waals surface area contributed by atoms with E-state index >= 15 is 0 Å². The average Bonchev–Trinajstić information content (AvgIpc) is 2.57. The van der Waals surface area contributed by atoms with Gasteiger partial charge in [-0.25, -0.2) is 13.4 Å². The number of hydrogen-bond acceptors (Lipinski definition) is 5. The van der Waals surface area contributed by atoms with Crippen LogP contribution in [0, 0.1) is 11.3 Å². The first-order valence-electron chi connectivity index (χ1n) is 6.28. The Morgan fingerprint density at radius 3 is 2.53 bits per heavy atom. The van der Waals surface area contributed by atoms with Crippen molar-refractivity contribution in [3.05, 3.63) is 29.6 Å². The van der Waals surface area contributed by atoms with E-state index in [1.54, 1.807) is 18.2 Å². The van der Waals surface area contributed by atoms with Crippen molar-refractivity contribution in [3.63, 3.8) is 0 Å². The summed E-state index contributed by atoms with van der Waals surface area (Å²) in [5, 5.41) is 18.7. The van der Waals surface area contributed by atoms with Crippen LogP contribution in [0.1, 0.15) is 37.1 Å². The lowest BCUT2D eigenvalue weighted by Crippen LogP contribution is -2.43. The molecule has 3 rings (SSSR count). The highest BCUT2D eigenvalue weighted by Gasteiger charge is 2.53. The third-order valence-corrected chi connectivity index (χ3v) is 6.87. The van der Waals surface area contributed by atoms with Crippen LogP contribution in [0.15, 0.2) is 18.2 Å². The van der Waals surface area contributed by atoms with Gasteiger partial charge in [0.1, 0.15) is 17.4 Å². The zero-order valence-corrected chi connectivity index (χ0v) is 11.1. The fraction of sp³-hybridized carbons (Fsp3) is 0.538. The second-order valence-corrected chi connectivity index (χ2v) is 7.88. The van der Waals surface area contributed by atoms with Crippen molar-refractivity contribution in [3.8, 4) is 6.07 Å². The van der Waals surface area contributed by atoms with Gasteiger partial charge in [-0.15, -0.1) is 0 Å². The van der Waals surface area contributed by atoms with E-state index in [0.717, 1.165) is 0 Å². The minimum atomic E-state index is -3.08. The van der Waals surface area contributed by atoms with Crippen LogP contribution in [0.4, 0.5) is 0 Å². The molecule has 0 amide bonds. The lowest BCUT2D eigenvalue weighted by molar-refractivity contribution is 0.0130. The van der Waals surface area contributed by atoms with Crippen molar-refractivity contribution in [1.82, 2.24) is 4.98 Å². The van der Waals surface area contributed by atoms with Crippen molar-refractivity contribution in [2.75, 3.05) is 0 Å². The summed E-state index contributed by atoms with van der Waals surface area (Å²) >= 11 is 0. The first-order chi connectivity index (χ1) is 8.95. The van der Waals surface area contributed by atoms with Gasteiger partial charge in [0, 0.05) is 0 Å². The molecule has 1 aromatic rings. The Balaban J connectivity index is 2.00. The standard InChI is InChI=1S/C13H14N2O3S/c14-8-9-2-1-3-12(15-9)13(16)6-10-4-5-11(7-13)19(10,17)18/h1-3,10-11,16H,4-7H2. The summed E-state index contributed by atoms with van der Waals surface area (Å²) in [5.41, 5.74) is -0.561. The van der Waals surface area contributed by atoms with E-state index in [9.17, 15) is 13.5 Å². The molecule has 19 heavy (non-hydrogen) atoms. The van der Waals surface area contributed by atoms with Crippen molar-refractivity contribution >= 4 is 9.84 Å². The maximum Gasteiger partial charge on any atom is 0.156 e. The predicted octanol–water partition coefficient (Wildman–Crippen LogP) is 0.880. The number of rotatable bonds is 1. The van der Waals surface area contributed by atoms with Crippen molar-refractivity contribution in [1.29, 1.82) is 5.26 Å². The minimum Gasteiger partial charge on any atom is -0.383 e. The molecule has 0 radical (unpaired) electrons. The molecule has 2 unspecified atom stereocenters. The highest BCUT2D eigenvalue weighted by Crippen LogP contribution is 2.47. The van der Waals surface area contributed by atoms with Crippen LogP contribution in [-0.2, 0) is 15.4 Å². The van der Waals surface area contributed by atoms with E-state index in [0.29, 0.717) is 18.5 Å². The molecule has 100 valence electrons. The van der Waals surface area contributed by atoms with Gasteiger partial charge in [-0.3, -0.25) is 0 Å². The second-order valence-electron chi connectivity index (χ2n) is 5.37. The third kappa shape index (κ3) is 1.85. The Bertz CT molecular complexity index is 643. The molecule has 2 bridgehead atoms. The topological polar surface area (TPSA) is 91.0 Å². The number of fused-ring (bicyclic) bond motifs is 2. The molecule has 0 aliphatic carbocycles. The molecule has 0 aromatic carbocycles. The molecule has 0 spiro atoms. The molecule has 0 saturated carbocycles. The number of pyridine rings is 1. The number of hydrogen-bond donors (Lipinski definition) is 1. The van der Waals surface area contributed by atoms with Crippen LogP contribution in [-0.4, -0.2) is 29.0 Å². The number of sulfone groups is 1. The van der Waals surface area contributed by atoms with Crippen LogP contribution in [0.2, 0.25) is 0 Å². The maximum absolute atomic E-state index is 12.0. The number of nitriles is 1. The summed E-state index contributed by atoms with van der Waals surface area (Å²) in [4.78, 5) is 4.13. The predicted molar refractivity (Wildman–Crippen MR) is 67.8 cm³/mol. The van der Waals surface area contributed by atoms with Gasteiger partial charge in [-0.2, -0.15) is 5.26 Å². The Morgan fingerprint density at radius 2 is 1.95 bits per heavy atom. The Morgan fingerprint density at radius 1 is 1.32 bits per heavy atom. The van der Waals surface area contributed by atoms with Gasteiger partial charge in [0.2, 0.25) is 0 Å². The summed E-state index contributed by atoms with van der Waals surface area (Å²) in [5.74, 6) is 0. The Labute approximate surface area is 111 Å². The summed E-state index contributed by atoms with van der Waals surface area (Å²) < 4.78 is 24.1. The smallest absolute Gasteiger partial charge is 0.156 e. The van der Waals surface area contributed by atoms with Gasteiger partial charge in [-0.1, -0.05) is 6.07 Å². The molecule has 5 nitrogen and oxygen atoms in total. The fourth-order valence-electron chi connectivity index (χ4n) is 3.21. The SMILES string of the molecule is N#Cc1cccc(C2(O)CC3CCC(C2)S3(=O)=O)n1. The monoisotopic (exact) mass is 278 g/mol. The molecule has 2 atom stereocenters. The molecule has 2 saturated heterocycles. The van der Waals surface area contributed by atoms with Crippen LogP contribution in [0.3, 0.4) is 0 Å². The summed E-state index contributed by atoms with van der Waals surface area (Å²) in [6.45, 7) is 0. The lowest BCUT2D eigenvalue weighted by Gasteiger charge is -2.35. The molecule has 2 fully saturated rings. The molecule has 6 heteroatoms. The molecular weight excluding hydrogens is 264 g/mol. The normalized spacial score (nSPS) is 35.8. The van der Waals surface area contributed by atoms with E-state index < -0.39 is 25.9 Å². The van der Waals surface area contributed by atoms with Crippen molar-refractivity contribution in [2.45, 2.75) is 41.8 Å². The van der Waals surface area contributed by atoms with E-state index in [4.69, 9.17) is 5.26 Å². The highest BCUT2D eigenvalue weighted by atomic mass is 32.2. The number of aromatic nitrogens is 1. The summed E-state index contributed by atoms with van der Waals surface area (Å²) in [6.07, 6.45) is 1.61. The first-order valence-corrected chi connectivity index (χ1v) is 7.89. The maximum atomic E-state index is 12.0. The van der Waals surface area contributed by atoms with Gasteiger partial charge in [-0.05, 0) is 37.8 Å². The van der Waals surface area contributed by atoms with Crippen LogP contribution >= 0.6 is 0 Å². The van der Waals surface area contributed by atoms with Crippen LogP contribution < -0.4 is 0 Å². The Hall–Kier alpha value is -1.45. The molecule has 2 aliphatic rings. The zero-order chi connectivity index (χ0) is 13.7. The first kappa shape index (κ1) is 12.6. The van der Waals surface area contributed by atoms with Crippen LogP contribution in [0.5, 0.6) is 0 Å². The largest absolute Gasteiger partial charge is 0.383 e. The summed E-state index contributed by atoms with van der Waals surface area (Å²) in [7, 11) is -3.08. The lowest BCUT2D eigenvalue weighted by atomic mass is 9.89. The molecule has 1 N–H and O–H groups in total. The van der Waals surface area contributed by atoms with E-state index in [-0.39, 0.29) is 18.5 Å². The number of nitrogens with zero attached hydrogens (tertiary/aromatic N) is 2. The second kappa shape index (κ2) is 4.02. The quantitative estimate of drug-likeness (QED) is 0.823. The molecule has 3 heterocycles. The van der Waals surface area contributed by atoms with Gasteiger partial charge < -0.3 is 5.11 Å². The summed E-state index contributed by atoms with van der Waals surface area (Å²) in [6, 6.07) is 6.84. The minimum absolute atomic E-state index is 0.188. The highest BCUT2D eigenvalue weighted by molar-refractivity contribution is 7.93. The van der Waals surface area contributed by atoms with Gasteiger partial charge in [0.15, 0.2) is 9.84 Å². The zero-order valence-electron chi connectivity index (χ0n) is 10.3. The third-order valence-electron chi connectivity index (χ3n) is 4.21. The molecule has 2 aliphatic heterocycles. The van der Waals surface area contributed by atoms with Gasteiger partial charge in [0.25, 0.3) is 0 Å². The molecule has 1 aromatic heterocycles. The van der Waals surface area contributed by atoms with E-state index in [1.807, 2.05) is 6.07 Å². The van der Waals surface area contributed by atoms with Gasteiger partial charge in [0.05, 0.1) is 16.2 Å². The van der Waals surface area contributed by atoms with E-state index in [1.165, 1.54) is 0 Å². The average molecular weight is 278 g/mol. The van der Waals surface area contributed by atoms with Crippen molar-refractivity contribution in [2.24, 2.45) is 0 Å². The number of aliphatic hydroxyl groups is 1. The molecular formula is C13H14N2O3S.